The molecule has 1 heterocycles. The number of amides is 1. The highest BCUT2D eigenvalue weighted by Gasteiger charge is 2.28. The summed E-state index contributed by atoms with van der Waals surface area (Å²) in [7, 11) is -2.19. The number of rotatable bonds is 6. The number of carbonyl (C=O) groups excluding carboxylic acids is 1. The fourth-order valence-corrected chi connectivity index (χ4v) is 4.83. The van der Waals surface area contributed by atoms with Crippen LogP contribution in [0.1, 0.15) is 24.8 Å². The van der Waals surface area contributed by atoms with Crippen LogP contribution in [0.5, 0.6) is 5.75 Å². The van der Waals surface area contributed by atoms with Gasteiger partial charge in [-0.2, -0.15) is 4.31 Å². The predicted molar refractivity (Wildman–Crippen MR) is 110 cm³/mol. The number of hydrogen-bond acceptors (Lipinski definition) is 4. The Labute approximate surface area is 165 Å². The third kappa shape index (κ3) is 4.79. The molecule has 6 nitrogen and oxygen atoms in total. The van der Waals surface area contributed by atoms with E-state index in [1.54, 1.807) is 36.4 Å². The summed E-state index contributed by atoms with van der Waals surface area (Å²) in [6.45, 7) is 1.04. The monoisotopic (exact) mass is 400 g/mol. The first kappa shape index (κ1) is 20.1. The van der Waals surface area contributed by atoms with Crippen LogP contribution in [0.2, 0.25) is 0 Å². The van der Waals surface area contributed by atoms with Crippen LogP contribution in [-0.4, -0.2) is 38.8 Å². The van der Waals surface area contributed by atoms with E-state index in [4.69, 9.17) is 4.74 Å². The van der Waals surface area contributed by atoms with Crippen LogP contribution in [0.3, 0.4) is 0 Å². The van der Waals surface area contributed by atoms with E-state index in [-0.39, 0.29) is 10.8 Å². The molecule has 1 N–H and O–H groups in total. The van der Waals surface area contributed by atoms with E-state index in [2.05, 4.69) is 5.32 Å². The Bertz CT molecular complexity index is 950. The minimum atomic E-state index is -3.64. The molecule has 0 aliphatic carbocycles. The molecule has 1 saturated heterocycles. The van der Waals surface area contributed by atoms with E-state index >= 15 is 0 Å². The Hall–Kier alpha value is -2.64. The Balaban J connectivity index is 1.81. The van der Waals surface area contributed by atoms with Gasteiger partial charge in [0, 0.05) is 24.9 Å². The lowest BCUT2D eigenvalue weighted by atomic mass is 10.2. The number of hydrogen-bond donors (Lipinski definition) is 1. The average molecular weight is 401 g/mol. The lowest BCUT2D eigenvalue weighted by molar-refractivity contribution is -0.111. The molecule has 1 aliphatic heterocycles. The van der Waals surface area contributed by atoms with Crippen molar-refractivity contribution in [2.45, 2.75) is 24.2 Å². The fourth-order valence-electron chi connectivity index (χ4n) is 3.12. The van der Waals surface area contributed by atoms with Gasteiger partial charge >= 0.3 is 0 Å². The standard InChI is InChI=1S/C21H24N2O4S/c1-27-19-12-10-17(11-13-21(24)22-18-8-4-2-5-9-18)16-20(19)28(25,26)23-14-6-3-7-15-23/h2,4-5,8-13,16H,3,6-7,14-15H2,1H3,(H,22,24)/b13-11+. The van der Waals surface area contributed by atoms with Crippen molar-refractivity contribution in [2.24, 2.45) is 0 Å². The van der Waals surface area contributed by atoms with Gasteiger partial charge in [0.2, 0.25) is 15.9 Å². The van der Waals surface area contributed by atoms with Crippen molar-refractivity contribution in [1.29, 1.82) is 0 Å². The largest absolute Gasteiger partial charge is 0.495 e. The molecule has 1 fully saturated rings. The smallest absolute Gasteiger partial charge is 0.248 e. The molecular formula is C21H24N2O4S. The number of sulfonamides is 1. The molecule has 2 aromatic carbocycles. The van der Waals surface area contributed by atoms with Gasteiger partial charge in [-0.25, -0.2) is 8.42 Å². The fraction of sp³-hybridized carbons (Fsp3) is 0.286. The number of nitrogens with one attached hydrogen (secondary N) is 1. The van der Waals surface area contributed by atoms with Gasteiger partial charge in [-0.05, 0) is 48.7 Å². The van der Waals surface area contributed by atoms with Crippen LogP contribution < -0.4 is 10.1 Å². The lowest BCUT2D eigenvalue weighted by Crippen LogP contribution is -2.35. The summed E-state index contributed by atoms with van der Waals surface area (Å²) in [6, 6.07) is 14.0. The first-order valence-corrected chi connectivity index (χ1v) is 10.7. The molecule has 148 valence electrons. The average Bonchev–Trinajstić information content (AvgIpc) is 2.73. The zero-order chi connectivity index (χ0) is 20.0. The molecular weight excluding hydrogens is 376 g/mol. The predicted octanol–water partition coefficient (Wildman–Crippen LogP) is 3.52. The van der Waals surface area contributed by atoms with Crippen molar-refractivity contribution in [1.82, 2.24) is 4.31 Å². The van der Waals surface area contributed by atoms with E-state index in [1.165, 1.54) is 17.5 Å². The van der Waals surface area contributed by atoms with Gasteiger partial charge in [0.1, 0.15) is 10.6 Å². The summed E-state index contributed by atoms with van der Waals surface area (Å²) >= 11 is 0. The molecule has 2 aromatic rings. The number of methoxy groups -OCH3 is 1. The maximum atomic E-state index is 13.0. The number of para-hydroxylation sites is 1. The van der Waals surface area contributed by atoms with Crippen molar-refractivity contribution in [3.63, 3.8) is 0 Å². The minimum absolute atomic E-state index is 0.127. The Kier molecular flexibility index (Phi) is 6.49. The Morgan fingerprint density at radius 2 is 1.79 bits per heavy atom. The molecule has 0 atom stereocenters. The zero-order valence-corrected chi connectivity index (χ0v) is 16.6. The number of nitrogens with zero attached hydrogens (tertiary/aromatic N) is 1. The SMILES string of the molecule is COc1ccc(/C=C/C(=O)Nc2ccccc2)cc1S(=O)(=O)N1CCCCC1. The quantitative estimate of drug-likeness (QED) is 0.753. The van der Waals surface area contributed by atoms with Gasteiger partial charge < -0.3 is 10.1 Å². The van der Waals surface area contributed by atoms with Gasteiger partial charge in [-0.1, -0.05) is 30.7 Å². The Morgan fingerprint density at radius 3 is 2.46 bits per heavy atom. The van der Waals surface area contributed by atoms with Crippen molar-refractivity contribution >= 4 is 27.7 Å². The molecule has 0 unspecified atom stereocenters. The number of benzene rings is 2. The van der Waals surface area contributed by atoms with Crippen LogP contribution in [0.25, 0.3) is 6.08 Å². The van der Waals surface area contributed by atoms with E-state index in [0.29, 0.717) is 30.1 Å². The number of piperidine rings is 1. The second-order valence-electron chi connectivity index (χ2n) is 6.56. The maximum absolute atomic E-state index is 13.0. The minimum Gasteiger partial charge on any atom is -0.495 e. The third-order valence-electron chi connectivity index (χ3n) is 4.59. The summed E-state index contributed by atoms with van der Waals surface area (Å²) in [5.74, 6) is 0.0129. The molecule has 3 rings (SSSR count). The number of anilines is 1. The molecule has 1 amide bonds. The summed E-state index contributed by atoms with van der Waals surface area (Å²) in [4.78, 5) is 12.2. The lowest BCUT2D eigenvalue weighted by Gasteiger charge is -2.26. The van der Waals surface area contributed by atoms with Crippen LogP contribution in [0.15, 0.2) is 59.5 Å². The first-order chi connectivity index (χ1) is 13.5. The maximum Gasteiger partial charge on any atom is 0.248 e. The molecule has 0 spiro atoms. The first-order valence-electron chi connectivity index (χ1n) is 9.23. The molecule has 0 aromatic heterocycles. The summed E-state index contributed by atoms with van der Waals surface area (Å²) in [6.07, 6.45) is 5.74. The van der Waals surface area contributed by atoms with Crippen molar-refractivity contribution < 1.29 is 17.9 Å². The molecule has 0 radical (unpaired) electrons. The van der Waals surface area contributed by atoms with Gasteiger partial charge in [0.05, 0.1) is 7.11 Å². The van der Waals surface area contributed by atoms with Crippen molar-refractivity contribution in [3.8, 4) is 5.75 Å². The molecule has 7 heteroatoms. The van der Waals surface area contributed by atoms with Gasteiger partial charge in [0.15, 0.2) is 0 Å². The van der Waals surface area contributed by atoms with Crippen LogP contribution in [0, 0.1) is 0 Å². The van der Waals surface area contributed by atoms with Crippen molar-refractivity contribution in [2.75, 3.05) is 25.5 Å². The molecule has 0 saturated carbocycles. The van der Waals surface area contributed by atoms with Gasteiger partial charge in [0.25, 0.3) is 0 Å². The second kappa shape index (κ2) is 9.03. The van der Waals surface area contributed by atoms with Crippen LogP contribution >= 0.6 is 0 Å². The van der Waals surface area contributed by atoms with E-state index in [9.17, 15) is 13.2 Å². The number of ether oxygens (including phenoxy) is 1. The topological polar surface area (TPSA) is 75.7 Å². The van der Waals surface area contributed by atoms with Crippen LogP contribution in [0.4, 0.5) is 5.69 Å². The zero-order valence-electron chi connectivity index (χ0n) is 15.8. The normalized spacial score (nSPS) is 15.5. The van der Waals surface area contributed by atoms with Gasteiger partial charge in [-0.15, -0.1) is 0 Å². The molecule has 28 heavy (non-hydrogen) atoms. The highest BCUT2D eigenvalue weighted by atomic mass is 32.2. The van der Waals surface area contributed by atoms with E-state index in [0.717, 1.165) is 19.3 Å². The van der Waals surface area contributed by atoms with Crippen molar-refractivity contribution in [3.05, 3.63) is 60.2 Å². The van der Waals surface area contributed by atoms with Gasteiger partial charge in [-0.3, -0.25) is 4.79 Å². The molecule has 0 bridgehead atoms. The number of carbonyl (C=O) groups is 1. The second-order valence-corrected chi connectivity index (χ2v) is 8.47. The Morgan fingerprint density at radius 1 is 1.07 bits per heavy atom. The van der Waals surface area contributed by atoms with E-state index < -0.39 is 10.0 Å². The summed E-state index contributed by atoms with van der Waals surface area (Å²) in [5.41, 5.74) is 1.31. The van der Waals surface area contributed by atoms with E-state index in [1.807, 2.05) is 18.2 Å². The third-order valence-corrected chi connectivity index (χ3v) is 6.51. The molecule has 1 aliphatic rings. The highest BCUT2D eigenvalue weighted by molar-refractivity contribution is 7.89. The highest BCUT2D eigenvalue weighted by Crippen LogP contribution is 2.30. The summed E-state index contributed by atoms with van der Waals surface area (Å²) in [5, 5.41) is 2.75. The van der Waals surface area contributed by atoms with Crippen LogP contribution in [-0.2, 0) is 14.8 Å². The summed E-state index contributed by atoms with van der Waals surface area (Å²) < 4.78 is 32.9.